The molecule has 4 rings (SSSR count). The summed E-state index contributed by atoms with van der Waals surface area (Å²) in [5.74, 6) is -0.344. The summed E-state index contributed by atoms with van der Waals surface area (Å²) >= 11 is 4.96. The number of halogens is 1. The first-order valence-electron chi connectivity index (χ1n) is 9.66. The van der Waals surface area contributed by atoms with E-state index < -0.39 is 0 Å². The molecule has 1 aliphatic rings. The van der Waals surface area contributed by atoms with Gasteiger partial charge < -0.3 is 10.6 Å². The Balaban J connectivity index is 1.60. The molecule has 0 aliphatic heterocycles. The quantitative estimate of drug-likeness (QED) is 0.513. The Morgan fingerprint density at radius 3 is 2.45 bits per heavy atom. The molecule has 6 heteroatoms. The molecule has 0 spiro atoms. The molecule has 29 heavy (non-hydrogen) atoms. The molecule has 3 aromatic rings. The maximum atomic E-state index is 13.1. The van der Waals surface area contributed by atoms with Crippen LogP contribution in [0.5, 0.6) is 0 Å². The van der Waals surface area contributed by atoms with Crippen molar-refractivity contribution < 1.29 is 9.59 Å². The van der Waals surface area contributed by atoms with E-state index in [4.69, 9.17) is 0 Å². The van der Waals surface area contributed by atoms with Crippen LogP contribution in [0.25, 0.3) is 0 Å². The van der Waals surface area contributed by atoms with Crippen LogP contribution < -0.4 is 10.6 Å². The van der Waals surface area contributed by atoms with Crippen molar-refractivity contribution in [3.05, 3.63) is 86.2 Å². The van der Waals surface area contributed by atoms with Crippen molar-refractivity contribution in [2.24, 2.45) is 0 Å². The highest BCUT2D eigenvalue weighted by molar-refractivity contribution is 9.10. The average molecular weight is 469 g/mol. The molecule has 2 amide bonds. The fourth-order valence-corrected chi connectivity index (χ4v) is 5.32. The zero-order valence-corrected chi connectivity index (χ0v) is 18.2. The number of hydrogen-bond donors (Lipinski definition) is 2. The predicted molar refractivity (Wildman–Crippen MR) is 121 cm³/mol. The van der Waals surface area contributed by atoms with E-state index in [-0.39, 0.29) is 11.8 Å². The van der Waals surface area contributed by atoms with Gasteiger partial charge >= 0.3 is 0 Å². The van der Waals surface area contributed by atoms with E-state index in [0.29, 0.717) is 22.7 Å². The first kappa shape index (κ1) is 19.9. The van der Waals surface area contributed by atoms with Crippen molar-refractivity contribution in [1.29, 1.82) is 0 Å². The van der Waals surface area contributed by atoms with Gasteiger partial charge in [0.15, 0.2) is 0 Å². The Bertz CT molecular complexity index is 1050. The smallest absolute Gasteiger partial charge is 0.257 e. The molecular formula is C23H21BrN2O2S. The van der Waals surface area contributed by atoms with Crippen molar-refractivity contribution in [3.8, 4) is 0 Å². The molecule has 0 radical (unpaired) electrons. The van der Waals surface area contributed by atoms with Crippen LogP contribution >= 0.6 is 27.3 Å². The Labute approximate surface area is 182 Å². The van der Waals surface area contributed by atoms with Crippen LogP contribution in [-0.4, -0.2) is 11.8 Å². The van der Waals surface area contributed by atoms with Gasteiger partial charge in [0.2, 0.25) is 0 Å². The number of rotatable bonds is 5. The molecular weight excluding hydrogens is 448 g/mol. The van der Waals surface area contributed by atoms with Gasteiger partial charge in [-0.3, -0.25) is 9.59 Å². The van der Waals surface area contributed by atoms with Gasteiger partial charge in [-0.25, -0.2) is 0 Å². The van der Waals surface area contributed by atoms with Gasteiger partial charge in [0.25, 0.3) is 11.8 Å². The molecule has 1 heterocycles. The monoisotopic (exact) mass is 468 g/mol. The summed E-state index contributed by atoms with van der Waals surface area (Å²) in [7, 11) is 0. The van der Waals surface area contributed by atoms with Crippen LogP contribution in [0.4, 0.5) is 5.00 Å². The van der Waals surface area contributed by atoms with E-state index in [9.17, 15) is 9.59 Å². The molecule has 1 aliphatic carbocycles. The lowest BCUT2D eigenvalue weighted by atomic mass is 9.95. The van der Waals surface area contributed by atoms with Crippen molar-refractivity contribution in [2.45, 2.75) is 32.2 Å². The zero-order chi connectivity index (χ0) is 20.2. The average Bonchev–Trinajstić information content (AvgIpc) is 3.11. The first-order chi connectivity index (χ1) is 14.1. The summed E-state index contributed by atoms with van der Waals surface area (Å²) in [5.41, 5.74) is 3.31. The number of amides is 2. The van der Waals surface area contributed by atoms with Crippen LogP contribution in [0.3, 0.4) is 0 Å². The molecule has 4 nitrogen and oxygen atoms in total. The van der Waals surface area contributed by atoms with Gasteiger partial charge in [-0.2, -0.15) is 0 Å². The second kappa shape index (κ2) is 8.93. The van der Waals surface area contributed by atoms with Gasteiger partial charge in [0.1, 0.15) is 5.00 Å². The van der Waals surface area contributed by atoms with Crippen molar-refractivity contribution in [3.63, 3.8) is 0 Å². The Kier molecular flexibility index (Phi) is 6.11. The Morgan fingerprint density at radius 2 is 1.66 bits per heavy atom. The number of hydrogen-bond acceptors (Lipinski definition) is 3. The molecule has 2 aromatic carbocycles. The second-order valence-corrected chi connectivity index (χ2v) is 8.98. The third-order valence-electron chi connectivity index (χ3n) is 5.04. The highest BCUT2D eigenvalue weighted by atomic mass is 79.9. The van der Waals surface area contributed by atoms with E-state index in [1.54, 1.807) is 6.07 Å². The Hall–Kier alpha value is -2.44. The molecule has 2 N–H and O–H groups in total. The van der Waals surface area contributed by atoms with Gasteiger partial charge in [-0.05, 0) is 64.9 Å². The number of carbonyl (C=O) groups is 2. The molecule has 0 saturated carbocycles. The molecule has 0 fully saturated rings. The maximum absolute atomic E-state index is 13.1. The van der Waals surface area contributed by atoms with Crippen LogP contribution in [0.2, 0.25) is 0 Å². The van der Waals surface area contributed by atoms with Crippen LogP contribution in [0.15, 0.2) is 59.1 Å². The largest absolute Gasteiger partial charge is 0.348 e. The summed E-state index contributed by atoms with van der Waals surface area (Å²) < 4.78 is 0.730. The summed E-state index contributed by atoms with van der Waals surface area (Å²) in [6.07, 6.45) is 4.03. The third-order valence-corrected chi connectivity index (χ3v) is 6.94. The zero-order valence-electron chi connectivity index (χ0n) is 15.8. The van der Waals surface area contributed by atoms with Gasteiger partial charge in [0.05, 0.1) is 11.1 Å². The summed E-state index contributed by atoms with van der Waals surface area (Å²) in [6.45, 7) is 0.460. The van der Waals surface area contributed by atoms with Crippen LogP contribution in [0, 0.1) is 0 Å². The fraction of sp³-hybridized carbons (Fsp3) is 0.217. The lowest BCUT2D eigenvalue weighted by molar-refractivity contribution is 0.0951. The van der Waals surface area contributed by atoms with Crippen LogP contribution in [-0.2, 0) is 19.4 Å². The summed E-state index contributed by atoms with van der Waals surface area (Å²) in [6, 6.07) is 17.1. The number of carbonyl (C=O) groups excluding carboxylic acids is 2. The summed E-state index contributed by atoms with van der Waals surface area (Å²) in [5, 5.41) is 6.66. The van der Waals surface area contributed by atoms with E-state index in [0.717, 1.165) is 41.3 Å². The lowest BCUT2D eigenvalue weighted by Crippen LogP contribution is -2.25. The topological polar surface area (TPSA) is 58.2 Å². The number of aryl methyl sites for hydroxylation is 1. The molecule has 1 aromatic heterocycles. The number of anilines is 1. The van der Waals surface area contributed by atoms with E-state index >= 15 is 0 Å². The van der Waals surface area contributed by atoms with Crippen molar-refractivity contribution >= 4 is 44.1 Å². The minimum Gasteiger partial charge on any atom is -0.348 e. The normalized spacial score (nSPS) is 12.9. The molecule has 0 bridgehead atoms. The van der Waals surface area contributed by atoms with Crippen molar-refractivity contribution in [2.75, 3.05) is 5.32 Å². The van der Waals surface area contributed by atoms with E-state index in [1.807, 2.05) is 48.5 Å². The van der Waals surface area contributed by atoms with E-state index in [2.05, 4.69) is 26.6 Å². The number of fused-ring (bicyclic) bond motifs is 1. The summed E-state index contributed by atoms with van der Waals surface area (Å²) in [4.78, 5) is 27.1. The van der Waals surface area contributed by atoms with Gasteiger partial charge in [-0.15, -0.1) is 11.3 Å². The van der Waals surface area contributed by atoms with E-state index in [1.165, 1.54) is 16.2 Å². The molecule has 0 atom stereocenters. The SMILES string of the molecule is O=C(Nc1sc2c(c1C(=O)NCc1ccccc1)CCCC2)c1ccccc1Br. The predicted octanol–water partition coefficient (Wildman–Crippen LogP) is 5.57. The minimum absolute atomic E-state index is 0.129. The van der Waals surface area contributed by atoms with Crippen molar-refractivity contribution in [1.82, 2.24) is 5.32 Å². The number of thiophene rings is 1. The fourth-order valence-electron chi connectivity index (χ4n) is 3.58. The van der Waals surface area contributed by atoms with Gasteiger partial charge in [0, 0.05) is 15.9 Å². The lowest BCUT2D eigenvalue weighted by Gasteiger charge is -2.13. The maximum Gasteiger partial charge on any atom is 0.257 e. The van der Waals surface area contributed by atoms with Gasteiger partial charge in [-0.1, -0.05) is 42.5 Å². The minimum atomic E-state index is -0.215. The third kappa shape index (κ3) is 4.43. The number of benzene rings is 2. The second-order valence-electron chi connectivity index (χ2n) is 7.02. The standard InChI is InChI=1S/C23H21BrN2O2S/c24-18-12-6-4-10-16(18)21(27)26-23-20(17-11-5-7-13-19(17)29-23)22(28)25-14-15-8-2-1-3-9-15/h1-4,6,8-10,12H,5,7,11,13-14H2,(H,25,28)(H,26,27). The van der Waals surface area contributed by atoms with Crippen LogP contribution in [0.1, 0.15) is 49.6 Å². The molecule has 0 saturated heterocycles. The first-order valence-corrected chi connectivity index (χ1v) is 11.3. The molecule has 0 unspecified atom stereocenters. The highest BCUT2D eigenvalue weighted by Gasteiger charge is 2.26. The number of nitrogens with one attached hydrogen (secondary N) is 2. The molecule has 148 valence electrons. The Morgan fingerprint density at radius 1 is 0.931 bits per heavy atom. The highest BCUT2D eigenvalue weighted by Crippen LogP contribution is 2.38.